The fourth-order valence-electron chi connectivity index (χ4n) is 11.2. The van der Waals surface area contributed by atoms with Gasteiger partial charge in [-0.2, -0.15) is 0 Å². The SMILES string of the molecule is C=CCc1cc(OC)c(O)c(-c2cc(CC=C)cc(OC)c2O)c1.C=CCc1cc(OC)c(OCC2CO2)c(-c2cc(CC3CO3)cc(OC)c2OCC2CO2)c1.C=CCc1cc(OC)c(OCC2CO2)c(-c2cc(CC=C)cc(OC)c2OCC2CO2)c1.C=CCc1ccc(O)c(OC)c1.ClCC1CO1. The van der Waals surface area contributed by atoms with E-state index in [4.69, 9.17) is 92.1 Å². The van der Waals surface area contributed by atoms with Crippen LogP contribution in [0.25, 0.3) is 33.4 Å². The third-order valence-corrected chi connectivity index (χ3v) is 17.5. The van der Waals surface area contributed by atoms with Gasteiger partial charge in [-0.25, -0.2) is 0 Å². The molecule has 20 nitrogen and oxygen atoms in total. The average molecular weight is 1480 g/mol. The molecule has 566 valence electrons. The Morgan fingerprint density at radius 1 is 0.321 bits per heavy atom. The first kappa shape index (κ1) is 80.3. The van der Waals surface area contributed by atoms with E-state index in [0.29, 0.717) is 171 Å². The number of aromatic hydroxyl groups is 3. The molecule has 0 bridgehead atoms. The number of ether oxygens (including phenoxy) is 17. The molecule has 0 amide bonds. The monoisotopic (exact) mass is 1470 g/mol. The Morgan fingerprint density at radius 2 is 0.566 bits per heavy atom. The van der Waals surface area contributed by atoms with Gasteiger partial charge in [-0.1, -0.05) is 42.5 Å². The predicted octanol–water partition coefficient (Wildman–Crippen LogP) is 15.0. The maximum absolute atomic E-state index is 10.5. The van der Waals surface area contributed by atoms with E-state index in [2.05, 4.69) is 63.7 Å². The van der Waals surface area contributed by atoms with Gasteiger partial charge in [-0.15, -0.1) is 51.1 Å². The molecule has 6 unspecified atom stereocenters. The summed E-state index contributed by atoms with van der Waals surface area (Å²) in [6, 6.07) is 28.8. The average Bonchev–Trinajstić information content (AvgIpc) is 1.68. The van der Waals surface area contributed by atoms with Gasteiger partial charge in [-0.05, 0) is 162 Å². The molecule has 6 fully saturated rings. The minimum atomic E-state index is -0.0292. The minimum absolute atomic E-state index is 0.0292. The zero-order valence-corrected chi connectivity index (χ0v) is 62.5. The molecule has 21 heteroatoms. The molecule has 6 heterocycles. The summed E-state index contributed by atoms with van der Waals surface area (Å²) in [5.74, 6) is 7.26. The number of halogens is 1. The number of rotatable bonds is 37. The molecule has 6 aliphatic rings. The Hall–Kier alpha value is -9.77. The zero-order chi connectivity index (χ0) is 75.7. The lowest BCUT2D eigenvalue weighted by atomic mass is 9.95. The molecular weight excluding hydrogens is 1380 g/mol. The van der Waals surface area contributed by atoms with Crippen LogP contribution in [0.1, 0.15) is 38.9 Å². The van der Waals surface area contributed by atoms with Gasteiger partial charge in [0.2, 0.25) is 0 Å². The van der Waals surface area contributed by atoms with Crippen LogP contribution in [-0.4, -0.2) is 174 Å². The Morgan fingerprint density at radius 3 is 0.821 bits per heavy atom. The van der Waals surface area contributed by atoms with Crippen LogP contribution in [0.3, 0.4) is 0 Å². The Kier molecular flexibility index (Phi) is 30.4. The van der Waals surface area contributed by atoms with Crippen molar-refractivity contribution in [1.82, 2.24) is 0 Å². The van der Waals surface area contributed by atoms with Gasteiger partial charge in [-0.3, -0.25) is 0 Å². The van der Waals surface area contributed by atoms with Crippen molar-refractivity contribution in [2.75, 3.05) is 122 Å². The van der Waals surface area contributed by atoms with Crippen molar-refractivity contribution in [2.45, 2.75) is 81.6 Å². The number of allylic oxidation sites excluding steroid dienone is 6. The first-order valence-electron chi connectivity index (χ1n) is 35.0. The van der Waals surface area contributed by atoms with E-state index < -0.39 is 0 Å². The molecule has 0 aliphatic carbocycles. The van der Waals surface area contributed by atoms with E-state index in [9.17, 15) is 15.3 Å². The van der Waals surface area contributed by atoms with Crippen molar-refractivity contribution in [3.63, 3.8) is 0 Å². The number of phenolic OH excluding ortho intramolecular Hbond substituents is 3. The fraction of sp³-hybridized carbons (Fsp3) is 0.365. The van der Waals surface area contributed by atoms with Gasteiger partial charge < -0.3 is 95.8 Å². The molecule has 0 radical (unpaired) electrons. The Bertz CT molecular complexity index is 3980. The van der Waals surface area contributed by atoms with Crippen LogP contribution in [0.4, 0.5) is 0 Å². The normalized spacial score (nSPS) is 17.6. The van der Waals surface area contributed by atoms with E-state index in [1.165, 1.54) is 21.3 Å². The minimum Gasteiger partial charge on any atom is -0.504 e. The molecule has 13 rings (SSSR count). The largest absolute Gasteiger partial charge is 0.504 e. The van der Waals surface area contributed by atoms with E-state index >= 15 is 0 Å². The van der Waals surface area contributed by atoms with Crippen LogP contribution >= 0.6 is 11.6 Å². The molecule has 6 aliphatic heterocycles. The molecule has 106 heavy (non-hydrogen) atoms. The maximum atomic E-state index is 10.5. The molecule has 0 spiro atoms. The smallest absolute Gasteiger partial charge is 0.169 e. The van der Waals surface area contributed by atoms with Gasteiger partial charge in [0.25, 0.3) is 0 Å². The van der Waals surface area contributed by atoms with E-state index in [0.717, 1.165) is 87.3 Å². The maximum Gasteiger partial charge on any atom is 0.169 e. The number of hydrogen-bond donors (Lipinski definition) is 3. The molecule has 6 atom stereocenters. The van der Waals surface area contributed by atoms with Crippen LogP contribution in [0.15, 0.2) is 167 Å². The summed E-state index contributed by atoms with van der Waals surface area (Å²) < 4.78 is 95.0. The summed E-state index contributed by atoms with van der Waals surface area (Å²) in [6.45, 7) is 29.1. The summed E-state index contributed by atoms with van der Waals surface area (Å²) in [5, 5.41) is 30.3. The number of hydrogen-bond acceptors (Lipinski definition) is 20. The summed E-state index contributed by atoms with van der Waals surface area (Å²) in [4.78, 5) is 0. The van der Waals surface area contributed by atoms with Gasteiger partial charge in [0.1, 0.15) is 50.8 Å². The number of methoxy groups -OCH3 is 7. The second-order valence-electron chi connectivity index (χ2n) is 25.4. The van der Waals surface area contributed by atoms with Crippen molar-refractivity contribution >= 4 is 11.6 Å². The lowest BCUT2D eigenvalue weighted by Gasteiger charge is -2.21. The van der Waals surface area contributed by atoms with Crippen molar-refractivity contribution < 1.29 is 95.8 Å². The predicted molar refractivity (Wildman–Crippen MR) is 411 cm³/mol. The summed E-state index contributed by atoms with van der Waals surface area (Å²) in [5.41, 5.74) is 11.7. The summed E-state index contributed by atoms with van der Waals surface area (Å²) >= 11 is 5.27. The van der Waals surface area contributed by atoms with Crippen molar-refractivity contribution in [2.24, 2.45) is 0 Å². The zero-order valence-electron chi connectivity index (χ0n) is 61.7. The van der Waals surface area contributed by atoms with E-state index in [1.807, 2.05) is 66.8 Å². The molecule has 6 saturated heterocycles. The summed E-state index contributed by atoms with van der Waals surface area (Å²) in [6.07, 6.45) is 17.0. The van der Waals surface area contributed by atoms with Crippen LogP contribution in [-0.2, 0) is 73.4 Å². The highest BCUT2D eigenvalue weighted by Crippen LogP contribution is 2.51. The van der Waals surface area contributed by atoms with Crippen molar-refractivity contribution in [3.05, 3.63) is 206 Å². The lowest BCUT2D eigenvalue weighted by molar-refractivity contribution is 0.249. The van der Waals surface area contributed by atoms with Crippen molar-refractivity contribution in [3.8, 4) is 114 Å². The molecule has 7 aromatic carbocycles. The quantitative estimate of drug-likeness (QED) is 0.0186. The van der Waals surface area contributed by atoms with Crippen LogP contribution in [0, 0.1) is 0 Å². The van der Waals surface area contributed by atoms with E-state index in [1.54, 1.807) is 64.9 Å². The van der Waals surface area contributed by atoms with Crippen LogP contribution in [0.2, 0.25) is 0 Å². The number of alkyl halides is 1. The molecule has 0 saturated carbocycles. The van der Waals surface area contributed by atoms with Gasteiger partial charge in [0.05, 0.1) is 107 Å². The fourth-order valence-corrected chi connectivity index (χ4v) is 11.4. The first-order chi connectivity index (χ1) is 51.6. The highest BCUT2D eigenvalue weighted by molar-refractivity contribution is 6.18. The van der Waals surface area contributed by atoms with Gasteiger partial charge in [0.15, 0.2) is 80.5 Å². The number of phenols is 3. The van der Waals surface area contributed by atoms with Crippen LogP contribution in [0.5, 0.6) is 80.5 Å². The number of epoxide rings is 6. The van der Waals surface area contributed by atoms with Gasteiger partial charge in [0, 0.05) is 39.8 Å². The second-order valence-corrected chi connectivity index (χ2v) is 25.7. The Balaban J connectivity index is 0.000000167. The molecule has 3 N–H and O–H groups in total. The van der Waals surface area contributed by atoms with Crippen LogP contribution < -0.4 is 52.1 Å². The van der Waals surface area contributed by atoms with Crippen molar-refractivity contribution in [1.29, 1.82) is 0 Å². The third kappa shape index (κ3) is 23.4. The molecule has 0 aromatic heterocycles. The standard InChI is InChI=1S/C26H30O7.C26H30O6.C20H22O4.C10H12O2.C3H5ClO/c1-4-5-16-7-21(25(23(9-16)27-2)32-14-19-12-30-19)22-8-17(6-18-11-29-18)10-24(28-3)26(22)33-15-20-13-31-20;1-5-7-17-9-21(25(23(11-17)27-3)31-15-19-13-29-19)22-10-18(8-6-2)12-24(28-4)26(22)32-16-20-14-30-20;1-5-7-13-9-15(19(21)17(11-13)23-3)16-10-14(8-6-2)12-18(24-4)20(16)22;1-3-4-8-5-6-9(11)10(7-8)12-2;4-1-3-2-5-3/h4,7-10,18-20H,1,5-6,11-15H2,2-3H3;5-6,9-12,19-20H,1-2,7-8,13-16H2,3-4H3;5-6,9-12,21-22H,1-2,7-8H2,3-4H3;3,5-7,11H,1,4H2,2H3;3H,1-2H2. The molecular formula is C85H99ClO20. The topological polar surface area (TPSA) is 237 Å². The number of benzene rings is 7. The second kappa shape index (κ2) is 40.1. The highest BCUT2D eigenvalue weighted by atomic mass is 35.5. The summed E-state index contributed by atoms with van der Waals surface area (Å²) in [7, 11) is 11.1. The molecule has 7 aromatic rings. The lowest BCUT2D eigenvalue weighted by Crippen LogP contribution is -2.09. The third-order valence-electron chi connectivity index (χ3n) is 17.1. The highest BCUT2D eigenvalue weighted by Gasteiger charge is 2.33. The van der Waals surface area contributed by atoms with Gasteiger partial charge >= 0.3 is 0 Å². The first-order valence-corrected chi connectivity index (χ1v) is 35.6. The Labute approximate surface area is 627 Å². The van der Waals surface area contributed by atoms with E-state index in [-0.39, 0.29) is 47.8 Å².